The number of unbranched alkanes of at least 4 members (excludes halogenated alkanes) is 1. The normalized spacial score (nSPS) is 11.2. The largest absolute Gasteiger partial charge is 0.354 e. The van der Waals surface area contributed by atoms with Crippen molar-refractivity contribution in [1.29, 1.82) is 0 Å². The van der Waals surface area contributed by atoms with Gasteiger partial charge < -0.3 is 10.3 Å². The molecule has 4 aromatic rings. The van der Waals surface area contributed by atoms with Crippen molar-refractivity contribution in [2.45, 2.75) is 39.5 Å². The van der Waals surface area contributed by atoms with Gasteiger partial charge >= 0.3 is 0 Å². The molecule has 0 unspecified atom stereocenters. The molecule has 2 aromatic heterocycles. The molecule has 0 bridgehead atoms. The highest BCUT2D eigenvalue weighted by molar-refractivity contribution is 5.92. The first-order valence-electron chi connectivity index (χ1n) is 11.5. The zero-order valence-corrected chi connectivity index (χ0v) is 19.2. The number of pyridine rings is 1. The molecular formula is C27H30N4O2. The summed E-state index contributed by atoms with van der Waals surface area (Å²) in [5.74, 6) is 0. The number of aromatic amines is 1. The van der Waals surface area contributed by atoms with Gasteiger partial charge in [0.25, 0.3) is 5.69 Å². The van der Waals surface area contributed by atoms with E-state index in [2.05, 4.69) is 53.4 Å². The van der Waals surface area contributed by atoms with Crippen LogP contribution >= 0.6 is 0 Å². The second-order valence-corrected chi connectivity index (χ2v) is 8.66. The number of aromatic nitrogens is 2. The Morgan fingerprint density at radius 2 is 1.82 bits per heavy atom. The fourth-order valence-corrected chi connectivity index (χ4v) is 4.44. The predicted molar refractivity (Wildman–Crippen MR) is 134 cm³/mol. The number of fused-ring (bicyclic) bond motifs is 1. The zero-order chi connectivity index (χ0) is 23.2. The third-order valence-corrected chi connectivity index (χ3v) is 5.95. The van der Waals surface area contributed by atoms with E-state index in [9.17, 15) is 10.1 Å². The number of rotatable bonds is 10. The zero-order valence-electron chi connectivity index (χ0n) is 19.2. The van der Waals surface area contributed by atoms with Crippen LogP contribution in [0.15, 0.2) is 60.9 Å². The Balaban J connectivity index is 1.47. The van der Waals surface area contributed by atoms with Crippen LogP contribution in [-0.2, 0) is 12.8 Å². The van der Waals surface area contributed by atoms with Crippen LogP contribution in [0.3, 0.4) is 0 Å². The lowest BCUT2D eigenvalue weighted by Gasteiger charge is -2.09. The van der Waals surface area contributed by atoms with Crippen molar-refractivity contribution in [3.8, 4) is 11.3 Å². The lowest BCUT2D eigenvalue weighted by molar-refractivity contribution is -0.384. The minimum Gasteiger partial charge on any atom is -0.354 e. The Hall–Kier alpha value is -3.51. The van der Waals surface area contributed by atoms with Crippen LogP contribution in [0.4, 0.5) is 5.69 Å². The molecule has 0 spiro atoms. The first-order valence-corrected chi connectivity index (χ1v) is 11.5. The van der Waals surface area contributed by atoms with Crippen LogP contribution < -0.4 is 5.32 Å². The maximum atomic E-state index is 11.4. The standard InChI is InChI=1S/C27H30N4O2/c1-19-14-20(2)16-22(15-19)27-24(25-17-23(31(32)33)8-9-26(25)30-27)10-13-28-11-4-3-6-21-7-5-12-29-18-21/h5,7-9,12,14-18,28,30H,3-4,6,10-11,13H2,1-2H3. The van der Waals surface area contributed by atoms with Crippen molar-refractivity contribution in [1.82, 2.24) is 15.3 Å². The van der Waals surface area contributed by atoms with Crippen LogP contribution in [-0.4, -0.2) is 28.0 Å². The van der Waals surface area contributed by atoms with Gasteiger partial charge in [-0.15, -0.1) is 0 Å². The van der Waals surface area contributed by atoms with E-state index in [4.69, 9.17) is 0 Å². The highest BCUT2D eigenvalue weighted by Crippen LogP contribution is 2.33. The minimum atomic E-state index is -0.326. The Bertz CT molecular complexity index is 1230. The van der Waals surface area contributed by atoms with E-state index in [1.165, 1.54) is 16.7 Å². The molecule has 6 nitrogen and oxygen atoms in total. The van der Waals surface area contributed by atoms with Crippen LogP contribution in [0, 0.1) is 24.0 Å². The Kier molecular flexibility index (Phi) is 7.15. The SMILES string of the molecule is Cc1cc(C)cc(-c2[nH]c3ccc([N+](=O)[O-])cc3c2CCNCCCCc2cccnc2)c1. The molecule has 0 amide bonds. The van der Waals surface area contributed by atoms with Gasteiger partial charge in [0.1, 0.15) is 0 Å². The predicted octanol–water partition coefficient (Wildman–Crippen LogP) is 5.91. The summed E-state index contributed by atoms with van der Waals surface area (Å²) in [5.41, 5.74) is 8.03. The average molecular weight is 443 g/mol. The third-order valence-electron chi connectivity index (χ3n) is 5.95. The molecule has 0 radical (unpaired) electrons. The number of nitro benzene ring substituents is 1. The molecule has 0 aliphatic rings. The molecule has 170 valence electrons. The van der Waals surface area contributed by atoms with Crippen molar-refractivity contribution < 1.29 is 4.92 Å². The summed E-state index contributed by atoms with van der Waals surface area (Å²) in [4.78, 5) is 18.7. The second-order valence-electron chi connectivity index (χ2n) is 8.66. The first-order chi connectivity index (χ1) is 16.0. The quantitative estimate of drug-likeness (QED) is 0.182. The number of nitrogens with zero attached hydrogens (tertiary/aromatic N) is 2. The topological polar surface area (TPSA) is 83.8 Å². The van der Waals surface area contributed by atoms with E-state index < -0.39 is 0 Å². The summed E-state index contributed by atoms with van der Waals surface area (Å²) in [6.07, 6.45) is 7.78. The molecule has 0 atom stereocenters. The summed E-state index contributed by atoms with van der Waals surface area (Å²) in [5, 5.41) is 15.8. The molecule has 0 saturated heterocycles. The van der Waals surface area contributed by atoms with E-state index in [1.807, 2.05) is 18.3 Å². The minimum absolute atomic E-state index is 0.123. The summed E-state index contributed by atoms with van der Waals surface area (Å²) in [7, 11) is 0. The van der Waals surface area contributed by atoms with Gasteiger partial charge in [0, 0.05) is 41.1 Å². The molecule has 6 heteroatoms. The molecule has 0 aliphatic heterocycles. The number of nitrogens with one attached hydrogen (secondary N) is 2. The Labute approximate surface area is 194 Å². The molecule has 2 N–H and O–H groups in total. The van der Waals surface area contributed by atoms with Crippen LogP contribution in [0.1, 0.15) is 35.1 Å². The van der Waals surface area contributed by atoms with Gasteiger partial charge in [-0.2, -0.15) is 0 Å². The summed E-state index contributed by atoms with van der Waals surface area (Å²) >= 11 is 0. The van der Waals surface area contributed by atoms with Crippen molar-refractivity contribution in [3.63, 3.8) is 0 Å². The lowest BCUT2D eigenvalue weighted by Crippen LogP contribution is -2.18. The molecule has 0 saturated carbocycles. The number of hydrogen-bond donors (Lipinski definition) is 2. The van der Waals surface area contributed by atoms with Gasteiger partial charge in [-0.25, -0.2) is 0 Å². The number of benzene rings is 2. The maximum Gasteiger partial charge on any atom is 0.270 e. The van der Waals surface area contributed by atoms with Gasteiger partial charge in [-0.05, 0) is 93.6 Å². The van der Waals surface area contributed by atoms with Gasteiger partial charge in [0.15, 0.2) is 0 Å². The van der Waals surface area contributed by atoms with Crippen LogP contribution in [0.5, 0.6) is 0 Å². The van der Waals surface area contributed by atoms with Crippen LogP contribution in [0.25, 0.3) is 22.2 Å². The fourth-order valence-electron chi connectivity index (χ4n) is 4.44. The van der Waals surface area contributed by atoms with Crippen molar-refractivity contribution in [3.05, 3.63) is 93.3 Å². The molecule has 2 aromatic carbocycles. The molecule has 33 heavy (non-hydrogen) atoms. The highest BCUT2D eigenvalue weighted by atomic mass is 16.6. The van der Waals surface area contributed by atoms with Gasteiger partial charge in [-0.1, -0.05) is 23.3 Å². The first kappa shape index (κ1) is 22.7. The summed E-state index contributed by atoms with van der Waals surface area (Å²) < 4.78 is 0. The second kappa shape index (κ2) is 10.4. The molecule has 0 aliphatic carbocycles. The number of aryl methyl sites for hydroxylation is 3. The number of non-ortho nitro benzene ring substituents is 1. The van der Waals surface area contributed by atoms with E-state index in [1.54, 1.807) is 18.3 Å². The van der Waals surface area contributed by atoms with E-state index in [-0.39, 0.29) is 10.6 Å². The molecule has 2 heterocycles. The summed E-state index contributed by atoms with van der Waals surface area (Å²) in [6.45, 7) is 5.95. The monoisotopic (exact) mass is 442 g/mol. The maximum absolute atomic E-state index is 11.4. The number of nitro groups is 1. The molecular weight excluding hydrogens is 412 g/mol. The van der Waals surface area contributed by atoms with E-state index in [0.29, 0.717) is 0 Å². The third kappa shape index (κ3) is 5.65. The van der Waals surface area contributed by atoms with E-state index in [0.717, 1.165) is 66.5 Å². The molecule has 0 fully saturated rings. The molecule has 4 rings (SSSR count). The van der Waals surface area contributed by atoms with Gasteiger partial charge in [0.05, 0.1) is 4.92 Å². The van der Waals surface area contributed by atoms with Crippen molar-refractivity contribution >= 4 is 16.6 Å². The van der Waals surface area contributed by atoms with Gasteiger partial charge in [-0.3, -0.25) is 15.1 Å². The lowest BCUT2D eigenvalue weighted by atomic mass is 9.99. The number of H-pyrrole nitrogens is 1. The highest BCUT2D eigenvalue weighted by Gasteiger charge is 2.16. The smallest absolute Gasteiger partial charge is 0.270 e. The van der Waals surface area contributed by atoms with Gasteiger partial charge in [0.2, 0.25) is 0 Å². The Morgan fingerprint density at radius 1 is 1.00 bits per heavy atom. The Morgan fingerprint density at radius 3 is 2.55 bits per heavy atom. The average Bonchev–Trinajstić information content (AvgIpc) is 3.16. The van der Waals surface area contributed by atoms with Crippen molar-refractivity contribution in [2.75, 3.05) is 13.1 Å². The van der Waals surface area contributed by atoms with Crippen molar-refractivity contribution in [2.24, 2.45) is 0 Å². The van der Waals surface area contributed by atoms with Crippen LogP contribution in [0.2, 0.25) is 0 Å². The fraction of sp³-hybridized carbons (Fsp3) is 0.296. The van der Waals surface area contributed by atoms with E-state index >= 15 is 0 Å². The number of hydrogen-bond acceptors (Lipinski definition) is 4. The summed E-state index contributed by atoms with van der Waals surface area (Å²) in [6, 6.07) is 15.7.